The maximum atomic E-state index is 8.89. The number of hydrogen-bond donors (Lipinski definition) is 1. The van der Waals surface area contributed by atoms with E-state index >= 15 is 0 Å². The molecule has 3 aromatic rings. The molecule has 2 aromatic heterocycles. The Kier molecular flexibility index (Phi) is 4.71. The van der Waals surface area contributed by atoms with Gasteiger partial charge in [-0.3, -0.25) is 0 Å². The summed E-state index contributed by atoms with van der Waals surface area (Å²) in [7, 11) is 0. The van der Waals surface area contributed by atoms with Crippen LogP contribution in [0.2, 0.25) is 4.34 Å². The van der Waals surface area contributed by atoms with Crippen molar-refractivity contribution in [3.8, 4) is 16.8 Å². The quantitative estimate of drug-likeness (QED) is 0.693. The standard InChI is InChI=1S/C16H13ClN4S2/c1-2-21-15(12-7-8-13(17)23-12)19-20-16(21)14(22)11-5-3-10(9-18)4-6-11/h3-8,14,22H,2H2,1H3. The van der Waals surface area contributed by atoms with Gasteiger partial charge >= 0.3 is 0 Å². The molecule has 0 saturated carbocycles. The van der Waals surface area contributed by atoms with E-state index in [1.807, 2.05) is 35.8 Å². The Balaban J connectivity index is 1.99. The second-order valence-corrected chi connectivity index (χ2v) is 7.10. The lowest BCUT2D eigenvalue weighted by Crippen LogP contribution is -2.06. The Labute approximate surface area is 148 Å². The number of hydrogen-bond acceptors (Lipinski definition) is 5. The first-order valence-electron chi connectivity index (χ1n) is 7.01. The van der Waals surface area contributed by atoms with Crippen LogP contribution in [0.5, 0.6) is 0 Å². The van der Waals surface area contributed by atoms with Crippen molar-refractivity contribution in [3.05, 3.63) is 57.7 Å². The zero-order chi connectivity index (χ0) is 16.4. The average Bonchev–Trinajstić information content (AvgIpc) is 3.19. The molecule has 7 heteroatoms. The Hall–Kier alpha value is -1.81. The Bertz CT molecular complexity index is 861. The van der Waals surface area contributed by atoms with Gasteiger partial charge in [0.15, 0.2) is 11.6 Å². The highest BCUT2D eigenvalue weighted by atomic mass is 35.5. The molecule has 0 aliphatic rings. The first kappa shape index (κ1) is 16.1. The molecule has 0 aliphatic heterocycles. The number of benzene rings is 1. The van der Waals surface area contributed by atoms with Crippen LogP contribution < -0.4 is 0 Å². The van der Waals surface area contributed by atoms with Gasteiger partial charge in [-0.2, -0.15) is 17.9 Å². The van der Waals surface area contributed by atoms with E-state index < -0.39 is 0 Å². The normalized spacial score (nSPS) is 12.1. The number of aromatic nitrogens is 3. The van der Waals surface area contributed by atoms with Crippen molar-refractivity contribution in [2.75, 3.05) is 0 Å². The monoisotopic (exact) mass is 360 g/mol. The number of nitriles is 1. The molecule has 0 spiro atoms. The van der Waals surface area contributed by atoms with E-state index in [0.29, 0.717) is 5.56 Å². The summed E-state index contributed by atoms with van der Waals surface area (Å²) in [6.45, 7) is 2.78. The lowest BCUT2D eigenvalue weighted by Gasteiger charge is -2.13. The van der Waals surface area contributed by atoms with Crippen molar-refractivity contribution in [1.29, 1.82) is 5.26 Å². The van der Waals surface area contributed by atoms with Crippen molar-refractivity contribution in [2.45, 2.75) is 18.7 Å². The van der Waals surface area contributed by atoms with Crippen molar-refractivity contribution in [3.63, 3.8) is 0 Å². The minimum atomic E-state index is -0.209. The Morgan fingerprint density at radius 1 is 1.26 bits per heavy atom. The van der Waals surface area contributed by atoms with E-state index in [1.165, 1.54) is 11.3 Å². The molecule has 4 nitrogen and oxygen atoms in total. The van der Waals surface area contributed by atoms with Crippen LogP contribution in [-0.2, 0) is 6.54 Å². The maximum Gasteiger partial charge on any atom is 0.174 e. The Morgan fingerprint density at radius 3 is 2.57 bits per heavy atom. The molecule has 1 atom stereocenters. The molecule has 116 valence electrons. The van der Waals surface area contributed by atoms with Gasteiger partial charge in [0.25, 0.3) is 0 Å². The van der Waals surface area contributed by atoms with E-state index in [4.69, 9.17) is 29.5 Å². The van der Waals surface area contributed by atoms with Crippen LogP contribution in [0, 0.1) is 11.3 Å². The van der Waals surface area contributed by atoms with Gasteiger partial charge in [0.05, 0.1) is 26.1 Å². The third-order valence-electron chi connectivity index (χ3n) is 3.49. The number of rotatable bonds is 4. The number of thiol groups is 1. The lowest BCUT2D eigenvalue weighted by atomic mass is 10.1. The molecule has 0 bridgehead atoms. The molecule has 0 saturated heterocycles. The molecule has 2 heterocycles. The fourth-order valence-electron chi connectivity index (χ4n) is 2.33. The molecular weight excluding hydrogens is 348 g/mol. The highest BCUT2D eigenvalue weighted by molar-refractivity contribution is 7.80. The number of nitrogens with zero attached hydrogens (tertiary/aromatic N) is 4. The van der Waals surface area contributed by atoms with Crippen molar-refractivity contribution in [2.24, 2.45) is 0 Å². The summed E-state index contributed by atoms with van der Waals surface area (Å²) in [6, 6.07) is 13.3. The predicted octanol–water partition coefficient (Wildman–Crippen LogP) is 4.57. The molecule has 0 fully saturated rings. The van der Waals surface area contributed by atoms with Gasteiger partial charge < -0.3 is 4.57 Å². The summed E-state index contributed by atoms with van der Waals surface area (Å²) in [6.07, 6.45) is 0. The summed E-state index contributed by atoms with van der Waals surface area (Å²) >= 11 is 12.2. The zero-order valence-corrected chi connectivity index (χ0v) is 14.7. The second-order valence-electron chi connectivity index (χ2n) is 4.87. The van der Waals surface area contributed by atoms with E-state index in [2.05, 4.69) is 16.3 Å². The minimum absolute atomic E-state index is 0.209. The lowest BCUT2D eigenvalue weighted by molar-refractivity contribution is 0.716. The number of thiophene rings is 1. The van der Waals surface area contributed by atoms with Gasteiger partial charge in [-0.15, -0.1) is 21.5 Å². The van der Waals surface area contributed by atoms with Gasteiger partial charge in [0.2, 0.25) is 0 Å². The van der Waals surface area contributed by atoms with Crippen molar-refractivity contribution >= 4 is 35.6 Å². The molecule has 3 rings (SSSR count). The Morgan fingerprint density at radius 2 is 2.00 bits per heavy atom. The van der Waals surface area contributed by atoms with Crippen LogP contribution in [0.25, 0.3) is 10.7 Å². The van der Waals surface area contributed by atoms with Crippen LogP contribution in [-0.4, -0.2) is 14.8 Å². The maximum absolute atomic E-state index is 8.89. The van der Waals surface area contributed by atoms with E-state index in [9.17, 15) is 0 Å². The molecule has 0 radical (unpaired) electrons. The summed E-state index contributed by atoms with van der Waals surface area (Å²) in [5.41, 5.74) is 1.60. The largest absolute Gasteiger partial charge is 0.309 e. The zero-order valence-electron chi connectivity index (χ0n) is 12.3. The summed E-state index contributed by atoms with van der Waals surface area (Å²) in [5.74, 6) is 1.58. The van der Waals surface area contributed by atoms with Crippen LogP contribution >= 0.6 is 35.6 Å². The topological polar surface area (TPSA) is 54.5 Å². The molecule has 23 heavy (non-hydrogen) atoms. The molecule has 1 aromatic carbocycles. The van der Waals surface area contributed by atoms with E-state index in [0.717, 1.165) is 33.0 Å². The van der Waals surface area contributed by atoms with Crippen LogP contribution in [0.3, 0.4) is 0 Å². The first-order chi connectivity index (χ1) is 11.1. The van der Waals surface area contributed by atoms with E-state index in [-0.39, 0.29) is 5.25 Å². The van der Waals surface area contributed by atoms with Gasteiger partial charge in [0.1, 0.15) is 0 Å². The molecule has 0 amide bonds. The minimum Gasteiger partial charge on any atom is -0.309 e. The third kappa shape index (κ3) is 3.13. The third-order valence-corrected chi connectivity index (χ3v) is 5.25. The van der Waals surface area contributed by atoms with E-state index in [1.54, 1.807) is 12.1 Å². The van der Waals surface area contributed by atoms with Crippen LogP contribution in [0.15, 0.2) is 36.4 Å². The van der Waals surface area contributed by atoms with Gasteiger partial charge in [-0.25, -0.2) is 0 Å². The number of halogens is 1. The SMILES string of the molecule is CCn1c(-c2ccc(Cl)s2)nnc1C(S)c1ccc(C#N)cc1. The fourth-order valence-corrected chi connectivity index (χ4v) is 3.73. The average molecular weight is 361 g/mol. The van der Waals surface area contributed by atoms with Crippen molar-refractivity contribution in [1.82, 2.24) is 14.8 Å². The summed E-state index contributed by atoms with van der Waals surface area (Å²) in [4.78, 5) is 0.982. The van der Waals surface area contributed by atoms with Crippen LogP contribution in [0.1, 0.15) is 29.1 Å². The predicted molar refractivity (Wildman–Crippen MR) is 96.0 cm³/mol. The smallest absolute Gasteiger partial charge is 0.174 e. The highest BCUT2D eigenvalue weighted by Crippen LogP contribution is 2.33. The van der Waals surface area contributed by atoms with Gasteiger partial charge in [-0.05, 0) is 36.8 Å². The molecule has 0 aliphatic carbocycles. The van der Waals surface area contributed by atoms with Gasteiger partial charge in [-0.1, -0.05) is 23.7 Å². The fraction of sp³-hybridized carbons (Fsp3) is 0.188. The highest BCUT2D eigenvalue weighted by Gasteiger charge is 2.20. The van der Waals surface area contributed by atoms with Crippen LogP contribution in [0.4, 0.5) is 0 Å². The summed E-state index contributed by atoms with van der Waals surface area (Å²) < 4.78 is 2.76. The molecule has 1 unspecified atom stereocenters. The summed E-state index contributed by atoms with van der Waals surface area (Å²) in [5, 5.41) is 17.3. The van der Waals surface area contributed by atoms with Gasteiger partial charge in [0, 0.05) is 6.54 Å². The molecule has 0 N–H and O–H groups in total. The van der Waals surface area contributed by atoms with Crippen molar-refractivity contribution < 1.29 is 0 Å². The molecular formula is C16H13ClN4S2. The first-order valence-corrected chi connectivity index (χ1v) is 8.72. The second kappa shape index (κ2) is 6.75.